The molecule has 0 aromatic carbocycles. The molecule has 0 fully saturated rings. The number of carbonyl (C=O) groups is 1. The minimum atomic E-state index is -0.219. The SMILES string of the molecule is O=C(NCc1csc(Br)c1)c1ccc(=O)[nH]c1. The predicted octanol–water partition coefficient (Wildman–Crippen LogP) is 2.13. The smallest absolute Gasteiger partial charge is 0.253 e. The third kappa shape index (κ3) is 3.28. The zero-order valence-electron chi connectivity index (χ0n) is 8.70. The summed E-state index contributed by atoms with van der Waals surface area (Å²) >= 11 is 4.93. The summed E-state index contributed by atoms with van der Waals surface area (Å²) in [6.45, 7) is 0.472. The van der Waals surface area contributed by atoms with Crippen LogP contribution in [0.4, 0.5) is 0 Å². The fourth-order valence-corrected chi connectivity index (χ4v) is 2.48. The van der Waals surface area contributed by atoms with E-state index in [1.165, 1.54) is 18.3 Å². The number of carbonyl (C=O) groups excluding carboxylic acids is 1. The Kier molecular flexibility index (Phi) is 3.75. The molecule has 0 unspecified atom stereocenters. The number of amides is 1. The molecular weight excluding hydrogens is 304 g/mol. The predicted molar refractivity (Wildman–Crippen MR) is 70.3 cm³/mol. The third-order valence-electron chi connectivity index (χ3n) is 2.12. The number of hydrogen-bond acceptors (Lipinski definition) is 3. The van der Waals surface area contributed by atoms with Crippen molar-refractivity contribution in [3.8, 4) is 0 Å². The molecule has 0 aliphatic rings. The van der Waals surface area contributed by atoms with Gasteiger partial charge >= 0.3 is 0 Å². The molecule has 6 heteroatoms. The van der Waals surface area contributed by atoms with Crippen molar-refractivity contribution in [2.24, 2.45) is 0 Å². The molecule has 2 rings (SSSR count). The first kappa shape index (κ1) is 12.1. The minimum absolute atomic E-state index is 0.205. The van der Waals surface area contributed by atoms with Crippen molar-refractivity contribution in [3.05, 3.63) is 55.0 Å². The topological polar surface area (TPSA) is 62.0 Å². The second kappa shape index (κ2) is 5.29. The highest BCUT2D eigenvalue weighted by molar-refractivity contribution is 9.11. The van der Waals surface area contributed by atoms with E-state index < -0.39 is 0 Å². The molecule has 4 nitrogen and oxygen atoms in total. The first-order chi connectivity index (χ1) is 8.15. The van der Waals surface area contributed by atoms with Crippen molar-refractivity contribution in [1.29, 1.82) is 0 Å². The van der Waals surface area contributed by atoms with Gasteiger partial charge in [-0.3, -0.25) is 9.59 Å². The Labute approximate surface area is 110 Å². The fraction of sp³-hybridized carbons (Fsp3) is 0.0909. The number of rotatable bonds is 3. The normalized spacial score (nSPS) is 10.2. The standard InChI is InChI=1S/C11H9BrN2O2S/c12-9-3-7(6-17-9)4-14-11(16)8-1-2-10(15)13-5-8/h1-3,5-6H,4H2,(H,13,15)(H,14,16). The lowest BCUT2D eigenvalue weighted by Gasteiger charge is -2.02. The van der Waals surface area contributed by atoms with E-state index in [0.29, 0.717) is 12.1 Å². The Morgan fingerprint density at radius 1 is 1.47 bits per heavy atom. The first-order valence-corrected chi connectivity index (χ1v) is 6.52. The van der Waals surface area contributed by atoms with Gasteiger partial charge in [-0.1, -0.05) is 0 Å². The largest absolute Gasteiger partial charge is 0.348 e. The molecule has 0 radical (unpaired) electrons. The van der Waals surface area contributed by atoms with Crippen LogP contribution in [0.3, 0.4) is 0 Å². The molecule has 1 amide bonds. The molecule has 2 aromatic heterocycles. The van der Waals surface area contributed by atoms with Gasteiger partial charge in [0.1, 0.15) is 0 Å². The second-order valence-corrected chi connectivity index (χ2v) is 5.67. The van der Waals surface area contributed by atoms with Crippen LogP contribution in [-0.2, 0) is 6.54 Å². The molecule has 2 aromatic rings. The van der Waals surface area contributed by atoms with Crippen molar-refractivity contribution in [2.45, 2.75) is 6.54 Å². The van der Waals surface area contributed by atoms with Crippen LogP contribution < -0.4 is 10.9 Å². The van der Waals surface area contributed by atoms with Gasteiger partial charge in [-0.05, 0) is 39.0 Å². The lowest BCUT2D eigenvalue weighted by Crippen LogP contribution is -2.23. The van der Waals surface area contributed by atoms with Crippen LogP contribution in [-0.4, -0.2) is 10.9 Å². The van der Waals surface area contributed by atoms with E-state index >= 15 is 0 Å². The van der Waals surface area contributed by atoms with Crippen molar-refractivity contribution in [3.63, 3.8) is 0 Å². The number of H-pyrrole nitrogens is 1. The van der Waals surface area contributed by atoms with Gasteiger partial charge in [0.05, 0.1) is 9.35 Å². The molecular formula is C11H9BrN2O2S. The highest BCUT2D eigenvalue weighted by Crippen LogP contribution is 2.20. The average Bonchev–Trinajstić information content (AvgIpc) is 2.73. The van der Waals surface area contributed by atoms with Gasteiger partial charge in [-0.15, -0.1) is 11.3 Å². The Balaban J connectivity index is 1.98. The van der Waals surface area contributed by atoms with Crippen molar-refractivity contribution < 1.29 is 4.79 Å². The average molecular weight is 313 g/mol. The van der Waals surface area contributed by atoms with Gasteiger partial charge in [-0.25, -0.2) is 0 Å². The number of aromatic nitrogens is 1. The summed E-state index contributed by atoms with van der Waals surface area (Å²) in [6.07, 6.45) is 1.40. The van der Waals surface area contributed by atoms with Crippen LogP contribution in [0.5, 0.6) is 0 Å². The maximum atomic E-state index is 11.7. The molecule has 17 heavy (non-hydrogen) atoms. The van der Waals surface area contributed by atoms with Crippen molar-refractivity contribution in [1.82, 2.24) is 10.3 Å². The summed E-state index contributed by atoms with van der Waals surface area (Å²) in [7, 11) is 0. The molecule has 0 aliphatic carbocycles. The maximum absolute atomic E-state index is 11.7. The summed E-state index contributed by atoms with van der Waals surface area (Å²) in [5, 5.41) is 4.74. The number of thiophene rings is 1. The summed E-state index contributed by atoms with van der Waals surface area (Å²) in [5.74, 6) is -0.205. The monoisotopic (exact) mass is 312 g/mol. The Hall–Kier alpha value is -1.40. The molecule has 0 saturated heterocycles. The van der Waals surface area contributed by atoms with E-state index in [2.05, 4.69) is 26.2 Å². The molecule has 0 atom stereocenters. The fourth-order valence-electron chi connectivity index (χ4n) is 1.27. The van der Waals surface area contributed by atoms with E-state index in [1.807, 2.05) is 11.4 Å². The molecule has 88 valence electrons. The van der Waals surface area contributed by atoms with Crippen LogP contribution in [0.15, 0.2) is 38.4 Å². The van der Waals surface area contributed by atoms with E-state index in [0.717, 1.165) is 9.35 Å². The van der Waals surface area contributed by atoms with E-state index in [1.54, 1.807) is 11.3 Å². The summed E-state index contributed by atoms with van der Waals surface area (Å²) in [6, 6.07) is 4.78. The lowest BCUT2D eigenvalue weighted by atomic mass is 10.2. The number of nitrogens with one attached hydrogen (secondary N) is 2. The lowest BCUT2D eigenvalue weighted by molar-refractivity contribution is 0.0950. The molecule has 2 N–H and O–H groups in total. The Bertz CT molecular complexity index is 571. The van der Waals surface area contributed by atoms with Gasteiger partial charge in [0, 0.05) is 18.8 Å². The molecule has 0 bridgehead atoms. The molecule has 0 aliphatic heterocycles. The quantitative estimate of drug-likeness (QED) is 0.912. The van der Waals surface area contributed by atoms with Crippen molar-refractivity contribution in [2.75, 3.05) is 0 Å². The summed E-state index contributed by atoms with van der Waals surface area (Å²) in [5.41, 5.74) is 1.27. The minimum Gasteiger partial charge on any atom is -0.348 e. The highest BCUT2D eigenvalue weighted by Gasteiger charge is 2.05. The zero-order valence-corrected chi connectivity index (χ0v) is 11.1. The maximum Gasteiger partial charge on any atom is 0.253 e. The van der Waals surface area contributed by atoms with Gasteiger partial charge in [0.25, 0.3) is 5.91 Å². The second-order valence-electron chi connectivity index (χ2n) is 3.38. The number of aromatic amines is 1. The Morgan fingerprint density at radius 2 is 2.29 bits per heavy atom. The highest BCUT2D eigenvalue weighted by atomic mass is 79.9. The van der Waals surface area contributed by atoms with Gasteiger partial charge in [0.2, 0.25) is 5.56 Å². The summed E-state index contributed by atoms with van der Waals surface area (Å²) in [4.78, 5) is 25.0. The van der Waals surface area contributed by atoms with E-state index in [9.17, 15) is 9.59 Å². The van der Waals surface area contributed by atoms with E-state index in [4.69, 9.17) is 0 Å². The first-order valence-electron chi connectivity index (χ1n) is 4.85. The molecule has 2 heterocycles. The van der Waals surface area contributed by atoms with Crippen molar-refractivity contribution >= 4 is 33.2 Å². The van der Waals surface area contributed by atoms with Crippen LogP contribution in [0.25, 0.3) is 0 Å². The van der Waals surface area contributed by atoms with Gasteiger partial charge in [0.15, 0.2) is 0 Å². The van der Waals surface area contributed by atoms with Gasteiger partial charge < -0.3 is 10.3 Å². The molecule has 0 saturated carbocycles. The molecule has 0 spiro atoms. The third-order valence-corrected chi connectivity index (χ3v) is 3.67. The number of halogens is 1. The number of pyridine rings is 1. The van der Waals surface area contributed by atoms with Crippen LogP contribution in [0, 0.1) is 0 Å². The van der Waals surface area contributed by atoms with Crippen LogP contribution in [0.2, 0.25) is 0 Å². The van der Waals surface area contributed by atoms with E-state index in [-0.39, 0.29) is 11.5 Å². The number of hydrogen-bond donors (Lipinski definition) is 2. The summed E-state index contributed by atoms with van der Waals surface area (Å²) < 4.78 is 1.03. The van der Waals surface area contributed by atoms with Crippen LogP contribution >= 0.6 is 27.3 Å². The van der Waals surface area contributed by atoms with Crippen LogP contribution in [0.1, 0.15) is 15.9 Å². The van der Waals surface area contributed by atoms with Gasteiger partial charge in [-0.2, -0.15) is 0 Å². The Morgan fingerprint density at radius 3 is 2.88 bits per heavy atom. The zero-order chi connectivity index (χ0) is 12.3.